The second kappa shape index (κ2) is 6.65. The normalized spacial score (nSPS) is 11.2. The van der Waals surface area contributed by atoms with E-state index in [2.05, 4.69) is 15.4 Å². The summed E-state index contributed by atoms with van der Waals surface area (Å²) in [5.74, 6) is -3.00. The van der Waals surface area contributed by atoms with E-state index in [4.69, 9.17) is 0 Å². The van der Waals surface area contributed by atoms with E-state index in [-0.39, 0.29) is 11.3 Å². The van der Waals surface area contributed by atoms with Crippen LogP contribution < -0.4 is 10.9 Å². The molecule has 1 aromatic carbocycles. The average Bonchev–Trinajstić information content (AvgIpc) is 2.90. The number of alkyl halides is 2. The first-order valence-electron chi connectivity index (χ1n) is 6.63. The molecule has 0 atom stereocenters. The molecule has 10 heteroatoms. The van der Waals surface area contributed by atoms with Crippen molar-refractivity contribution in [2.24, 2.45) is 7.05 Å². The number of aryl methyl sites for hydroxylation is 1. The zero-order valence-corrected chi connectivity index (χ0v) is 13.8. The highest BCUT2D eigenvalue weighted by Gasteiger charge is 2.13. The molecule has 0 aliphatic rings. The fraction of sp³-hybridized carbons (Fsp3) is 0.143. The first-order chi connectivity index (χ1) is 11.4. The summed E-state index contributed by atoms with van der Waals surface area (Å²) in [5, 5.41) is 6.77. The van der Waals surface area contributed by atoms with Crippen LogP contribution in [0.4, 0.5) is 13.9 Å². The number of benzene rings is 1. The minimum atomic E-state index is -2.50. The number of aromatic nitrogens is 3. The lowest BCUT2D eigenvalue weighted by Gasteiger charge is -2.01. The van der Waals surface area contributed by atoms with Gasteiger partial charge in [0.05, 0.1) is 10.2 Å². The summed E-state index contributed by atoms with van der Waals surface area (Å²) in [6.07, 6.45) is 0. The van der Waals surface area contributed by atoms with E-state index in [1.807, 2.05) is 0 Å². The van der Waals surface area contributed by atoms with E-state index in [0.717, 1.165) is 4.68 Å². The molecule has 0 bridgehead atoms. The first-order valence-corrected chi connectivity index (χ1v) is 8.33. The van der Waals surface area contributed by atoms with E-state index in [1.54, 1.807) is 18.2 Å². The van der Waals surface area contributed by atoms with Crippen molar-refractivity contribution in [2.45, 2.75) is 10.7 Å². The first kappa shape index (κ1) is 16.5. The Kier molecular flexibility index (Phi) is 4.58. The summed E-state index contributed by atoms with van der Waals surface area (Å²) in [4.78, 5) is 28.1. The second-order valence-electron chi connectivity index (χ2n) is 4.66. The van der Waals surface area contributed by atoms with Crippen LogP contribution in [0.5, 0.6) is 0 Å². The quantitative estimate of drug-likeness (QED) is 0.717. The fourth-order valence-electron chi connectivity index (χ4n) is 1.92. The molecule has 24 heavy (non-hydrogen) atoms. The minimum absolute atomic E-state index is 0.0744. The number of halogens is 2. The summed E-state index contributed by atoms with van der Waals surface area (Å²) < 4.78 is 26.6. The van der Waals surface area contributed by atoms with Crippen LogP contribution in [0.25, 0.3) is 10.2 Å². The summed E-state index contributed by atoms with van der Waals surface area (Å²) in [6.45, 7) is 0. The Morgan fingerprint density at radius 3 is 2.83 bits per heavy atom. The van der Waals surface area contributed by atoms with Crippen LogP contribution >= 0.6 is 23.1 Å². The maximum absolute atomic E-state index is 12.4. The predicted octanol–water partition coefficient (Wildman–Crippen LogP) is 2.96. The van der Waals surface area contributed by atoms with E-state index < -0.39 is 11.7 Å². The third kappa shape index (κ3) is 3.60. The lowest BCUT2D eigenvalue weighted by molar-refractivity contribution is 0.102. The van der Waals surface area contributed by atoms with E-state index in [1.165, 1.54) is 30.5 Å². The maximum Gasteiger partial charge on any atom is 0.288 e. The smallest absolute Gasteiger partial charge is 0.288 e. The van der Waals surface area contributed by atoms with E-state index in [9.17, 15) is 18.4 Å². The van der Waals surface area contributed by atoms with Gasteiger partial charge in [0, 0.05) is 18.0 Å². The minimum Gasteiger partial charge on any atom is -0.296 e. The SMILES string of the molecule is Cn1nc(C(=O)Nc2nc3ccc(SC(F)F)cc3s2)ccc1=O. The lowest BCUT2D eigenvalue weighted by atomic mass is 10.3. The van der Waals surface area contributed by atoms with Gasteiger partial charge in [0.2, 0.25) is 0 Å². The van der Waals surface area contributed by atoms with Gasteiger partial charge in [-0.1, -0.05) is 23.1 Å². The van der Waals surface area contributed by atoms with Gasteiger partial charge in [-0.05, 0) is 24.3 Å². The Hall–Kier alpha value is -2.33. The number of carbonyl (C=O) groups is 1. The Labute approximate surface area is 142 Å². The van der Waals surface area contributed by atoms with E-state index in [0.29, 0.717) is 32.0 Å². The number of amides is 1. The van der Waals surface area contributed by atoms with Crippen molar-refractivity contribution in [2.75, 3.05) is 5.32 Å². The van der Waals surface area contributed by atoms with Gasteiger partial charge in [-0.3, -0.25) is 14.9 Å². The van der Waals surface area contributed by atoms with E-state index >= 15 is 0 Å². The van der Waals surface area contributed by atoms with Crippen molar-refractivity contribution in [1.82, 2.24) is 14.8 Å². The van der Waals surface area contributed by atoms with Gasteiger partial charge in [-0.15, -0.1) is 0 Å². The third-order valence-electron chi connectivity index (χ3n) is 3.00. The average molecular weight is 368 g/mol. The number of rotatable bonds is 4. The number of nitrogens with zero attached hydrogens (tertiary/aromatic N) is 3. The van der Waals surface area contributed by atoms with Crippen LogP contribution in [0, 0.1) is 0 Å². The molecule has 0 fully saturated rings. The van der Waals surface area contributed by atoms with Crippen molar-refractivity contribution >= 4 is 44.4 Å². The second-order valence-corrected chi connectivity index (χ2v) is 6.76. The largest absolute Gasteiger partial charge is 0.296 e. The molecule has 124 valence electrons. The van der Waals surface area contributed by atoms with Crippen LogP contribution in [0.1, 0.15) is 10.5 Å². The third-order valence-corrected chi connectivity index (χ3v) is 4.64. The Bertz CT molecular complexity index is 971. The molecule has 6 nitrogen and oxygen atoms in total. The molecule has 0 aliphatic carbocycles. The molecule has 3 aromatic rings. The molecule has 3 rings (SSSR count). The van der Waals surface area contributed by atoms with Crippen molar-refractivity contribution in [3.8, 4) is 0 Å². The highest BCUT2D eigenvalue weighted by Crippen LogP contribution is 2.32. The predicted molar refractivity (Wildman–Crippen MR) is 88.9 cm³/mol. The maximum atomic E-state index is 12.4. The number of carbonyl (C=O) groups excluding carboxylic acids is 1. The fourth-order valence-corrected chi connectivity index (χ4v) is 3.43. The molecule has 0 radical (unpaired) electrons. The zero-order valence-electron chi connectivity index (χ0n) is 12.2. The van der Waals surface area contributed by atoms with Gasteiger partial charge in [-0.25, -0.2) is 9.67 Å². The van der Waals surface area contributed by atoms with Crippen LogP contribution in [-0.4, -0.2) is 26.4 Å². The Morgan fingerprint density at radius 2 is 2.12 bits per heavy atom. The molecular formula is C14H10F2N4O2S2. The highest BCUT2D eigenvalue weighted by atomic mass is 32.2. The molecular weight excluding hydrogens is 358 g/mol. The summed E-state index contributed by atoms with van der Waals surface area (Å²) >= 11 is 1.62. The molecule has 2 heterocycles. The van der Waals surface area contributed by atoms with Crippen molar-refractivity contribution < 1.29 is 13.6 Å². The van der Waals surface area contributed by atoms with Crippen molar-refractivity contribution in [3.63, 3.8) is 0 Å². The summed E-state index contributed by atoms with van der Waals surface area (Å²) in [5.41, 5.74) is 0.350. The number of thioether (sulfide) groups is 1. The lowest BCUT2D eigenvalue weighted by Crippen LogP contribution is -2.23. The number of hydrogen-bond donors (Lipinski definition) is 1. The molecule has 0 spiro atoms. The van der Waals surface area contributed by atoms with Gasteiger partial charge in [0.25, 0.3) is 17.2 Å². The highest BCUT2D eigenvalue weighted by molar-refractivity contribution is 7.99. The summed E-state index contributed by atoms with van der Waals surface area (Å²) in [6, 6.07) is 7.34. The Balaban J connectivity index is 1.82. The topological polar surface area (TPSA) is 76.9 Å². The number of anilines is 1. The Morgan fingerprint density at radius 1 is 1.33 bits per heavy atom. The molecule has 1 amide bonds. The van der Waals surface area contributed by atoms with Gasteiger partial charge < -0.3 is 0 Å². The van der Waals surface area contributed by atoms with Crippen LogP contribution in [-0.2, 0) is 7.05 Å². The monoisotopic (exact) mass is 368 g/mol. The summed E-state index contributed by atoms with van der Waals surface area (Å²) in [7, 11) is 1.44. The molecule has 0 aliphatic heterocycles. The van der Waals surface area contributed by atoms with Gasteiger partial charge in [0.15, 0.2) is 5.13 Å². The number of hydrogen-bond acceptors (Lipinski definition) is 6. The number of thiazole rings is 1. The zero-order chi connectivity index (χ0) is 17.3. The van der Waals surface area contributed by atoms with Crippen molar-refractivity contribution in [3.05, 3.63) is 46.4 Å². The molecule has 2 aromatic heterocycles. The number of nitrogens with one attached hydrogen (secondary N) is 1. The van der Waals surface area contributed by atoms with Crippen LogP contribution in [0.2, 0.25) is 0 Å². The van der Waals surface area contributed by atoms with Crippen LogP contribution in [0.3, 0.4) is 0 Å². The number of fused-ring (bicyclic) bond motifs is 1. The van der Waals surface area contributed by atoms with Gasteiger partial charge in [0.1, 0.15) is 5.69 Å². The van der Waals surface area contributed by atoms with Gasteiger partial charge in [-0.2, -0.15) is 13.9 Å². The molecule has 1 N–H and O–H groups in total. The van der Waals surface area contributed by atoms with Crippen LogP contribution in [0.15, 0.2) is 40.0 Å². The molecule has 0 unspecified atom stereocenters. The molecule has 0 saturated heterocycles. The van der Waals surface area contributed by atoms with Gasteiger partial charge >= 0.3 is 0 Å². The standard InChI is InChI=1S/C14H10F2N4O2S2/c1-20-11(21)5-4-9(19-20)12(22)18-14-17-8-3-2-7(23-13(15)16)6-10(8)24-14/h2-6,13H,1H3,(H,17,18,22). The van der Waals surface area contributed by atoms with Crippen molar-refractivity contribution in [1.29, 1.82) is 0 Å². The molecule has 0 saturated carbocycles.